The zero-order chi connectivity index (χ0) is 14.5. The number of aliphatic hydroxyl groups is 1. The quantitative estimate of drug-likeness (QED) is 0.829. The van der Waals surface area contributed by atoms with Crippen LogP contribution in [-0.2, 0) is 6.42 Å². The summed E-state index contributed by atoms with van der Waals surface area (Å²) in [6, 6.07) is 0.0500. The summed E-state index contributed by atoms with van der Waals surface area (Å²) in [7, 11) is 0. The van der Waals surface area contributed by atoms with Gasteiger partial charge in [0.05, 0.1) is 5.69 Å². The summed E-state index contributed by atoms with van der Waals surface area (Å²) in [5, 5.41) is 16.5. The maximum absolute atomic E-state index is 12.5. The molecule has 0 unspecified atom stereocenters. The van der Waals surface area contributed by atoms with Gasteiger partial charge in [0, 0.05) is 25.0 Å². The van der Waals surface area contributed by atoms with Crippen LogP contribution in [0.2, 0.25) is 0 Å². The van der Waals surface area contributed by atoms with Gasteiger partial charge in [0.25, 0.3) is 5.91 Å². The van der Waals surface area contributed by atoms with E-state index in [1.807, 2.05) is 6.92 Å². The third-order valence-electron chi connectivity index (χ3n) is 4.19. The van der Waals surface area contributed by atoms with Crippen LogP contribution in [0.3, 0.4) is 0 Å². The van der Waals surface area contributed by atoms with E-state index in [-0.39, 0.29) is 24.5 Å². The fourth-order valence-electron chi connectivity index (χ4n) is 2.98. The highest BCUT2D eigenvalue weighted by molar-refractivity contribution is 5.96. The molecule has 1 amide bonds. The zero-order valence-electron chi connectivity index (χ0n) is 12.3. The lowest BCUT2D eigenvalue weighted by molar-refractivity contribution is 0.0897. The van der Waals surface area contributed by atoms with Gasteiger partial charge in [-0.05, 0) is 19.8 Å². The number of rotatable bonds is 4. The highest BCUT2D eigenvalue weighted by atomic mass is 16.5. The standard InChI is InChI=1S/C15H24N2O3/c1-3-13-14(10(2)17-20-13)15(19)16-12-8-6-4-5-7-11(12)9-18/h11-12,18H,3-9H2,1-2H3,(H,16,19)/t11-,12+/m1/s1. The molecule has 112 valence electrons. The first kappa shape index (κ1) is 15.0. The molecule has 1 aromatic heterocycles. The molecule has 1 aliphatic carbocycles. The Morgan fingerprint density at radius 3 is 2.85 bits per heavy atom. The molecule has 2 atom stereocenters. The average molecular weight is 280 g/mol. The van der Waals surface area contributed by atoms with E-state index in [4.69, 9.17) is 4.52 Å². The Hall–Kier alpha value is -1.36. The van der Waals surface area contributed by atoms with Gasteiger partial charge in [0.2, 0.25) is 0 Å². The van der Waals surface area contributed by atoms with Crippen molar-refractivity contribution in [1.82, 2.24) is 10.5 Å². The number of hydrogen-bond donors (Lipinski definition) is 2. The molecule has 5 heteroatoms. The van der Waals surface area contributed by atoms with Crippen molar-refractivity contribution in [1.29, 1.82) is 0 Å². The molecule has 1 saturated carbocycles. The molecule has 0 aromatic carbocycles. The highest BCUT2D eigenvalue weighted by Gasteiger charge is 2.27. The molecule has 5 nitrogen and oxygen atoms in total. The molecule has 1 aromatic rings. The first-order valence-electron chi connectivity index (χ1n) is 7.54. The lowest BCUT2D eigenvalue weighted by Gasteiger charge is -2.24. The third-order valence-corrected chi connectivity index (χ3v) is 4.19. The molecule has 0 bridgehead atoms. The van der Waals surface area contributed by atoms with Crippen molar-refractivity contribution in [3.05, 3.63) is 17.0 Å². The minimum atomic E-state index is -0.119. The number of aromatic nitrogens is 1. The topological polar surface area (TPSA) is 75.4 Å². The fourth-order valence-corrected chi connectivity index (χ4v) is 2.98. The number of aliphatic hydroxyl groups excluding tert-OH is 1. The summed E-state index contributed by atoms with van der Waals surface area (Å²) >= 11 is 0. The lowest BCUT2D eigenvalue weighted by Crippen LogP contribution is -2.41. The maximum Gasteiger partial charge on any atom is 0.257 e. The van der Waals surface area contributed by atoms with Crippen molar-refractivity contribution in [2.45, 2.75) is 58.4 Å². The van der Waals surface area contributed by atoms with Crippen molar-refractivity contribution in [3.8, 4) is 0 Å². The number of aryl methyl sites for hydroxylation is 2. The van der Waals surface area contributed by atoms with Gasteiger partial charge in [-0.15, -0.1) is 0 Å². The van der Waals surface area contributed by atoms with Crippen LogP contribution in [0.5, 0.6) is 0 Å². The number of nitrogens with zero attached hydrogens (tertiary/aromatic N) is 1. The van der Waals surface area contributed by atoms with Crippen LogP contribution in [0.1, 0.15) is 60.8 Å². The Morgan fingerprint density at radius 2 is 2.15 bits per heavy atom. The van der Waals surface area contributed by atoms with Crippen LogP contribution in [0.25, 0.3) is 0 Å². The van der Waals surface area contributed by atoms with E-state index in [1.54, 1.807) is 6.92 Å². The summed E-state index contributed by atoms with van der Waals surface area (Å²) in [6.07, 6.45) is 5.97. The van der Waals surface area contributed by atoms with E-state index < -0.39 is 0 Å². The van der Waals surface area contributed by atoms with Crippen molar-refractivity contribution >= 4 is 5.91 Å². The van der Waals surface area contributed by atoms with Crippen LogP contribution in [-0.4, -0.2) is 28.8 Å². The fraction of sp³-hybridized carbons (Fsp3) is 0.733. The maximum atomic E-state index is 12.5. The van der Waals surface area contributed by atoms with Gasteiger partial charge in [0.15, 0.2) is 0 Å². The molecule has 0 radical (unpaired) electrons. The van der Waals surface area contributed by atoms with E-state index in [1.165, 1.54) is 6.42 Å². The molecule has 20 heavy (non-hydrogen) atoms. The molecule has 2 rings (SSSR count). The Balaban J connectivity index is 2.11. The second kappa shape index (κ2) is 6.88. The normalized spacial score (nSPS) is 23.4. The van der Waals surface area contributed by atoms with Crippen molar-refractivity contribution < 1.29 is 14.4 Å². The SMILES string of the molecule is CCc1onc(C)c1C(=O)N[C@H]1CCCCC[C@@H]1CO. The summed E-state index contributed by atoms with van der Waals surface area (Å²) in [6.45, 7) is 3.86. The second-order valence-corrected chi connectivity index (χ2v) is 5.58. The Labute approximate surface area is 119 Å². The van der Waals surface area contributed by atoms with Gasteiger partial charge in [0.1, 0.15) is 11.3 Å². The third kappa shape index (κ3) is 3.20. The molecule has 1 aliphatic rings. The van der Waals surface area contributed by atoms with E-state index in [2.05, 4.69) is 10.5 Å². The summed E-state index contributed by atoms with van der Waals surface area (Å²) in [5.41, 5.74) is 1.20. The Kier molecular flexibility index (Phi) is 5.17. The monoisotopic (exact) mass is 280 g/mol. The predicted molar refractivity (Wildman–Crippen MR) is 75.5 cm³/mol. The summed E-state index contributed by atoms with van der Waals surface area (Å²) in [4.78, 5) is 12.5. The molecule has 0 spiro atoms. The van der Waals surface area contributed by atoms with E-state index in [0.717, 1.165) is 25.7 Å². The average Bonchev–Trinajstić information content (AvgIpc) is 2.68. The van der Waals surface area contributed by atoms with Crippen molar-refractivity contribution in [2.75, 3.05) is 6.61 Å². The molecule has 2 N–H and O–H groups in total. The molecule has 1 heterocycles. The highest BCUT2D eigenvalue weighted by Crippen LogP contribution is 2.24. The van der Waals surface area contributed by atoms with E-state index >= 15 is 0 Å². The summed E-state index contributed by atoms with van der Waals surface area (Å²) < 4.78 is 5.17. The number of nitrogens with one attached hydrogen (secondary N) is 1. The molecular weight excluding hydrogens is 256 g/mol. The first-order chi connectivity index (χ1) is 9.67. The first-order valence-corrected chi connectivity index (χ1v) is 7.54. The van der Waals surface area contributed by atoms with Gasteiger partial charge < -0.3 is 14.9 Å². The minimum Gasteiger partial charge on any atom is -0.396 e. The van der Waals surface area contributed by atoms with Crippen LogP contribution in [0.15, 0.2) is 4.52 Å². The second-order valence-electron chi connectivity index (χ2n) is 5.58. The molecule has 1 fully saturated rings. The van der Waals surface area contributed by atoms with Gasteiger partial charge >= 0.3 is 0 Å². The van der Waals surface area contributed by atoms with Crippen molar-refractivity contribution in [2.24, 2.45) is 5.92 Å². The van der Waals surface area contributed by atoms with Crippen LogP contribution in [0, 0.1) is 12.8 Å². The van der Waals surface area contributed by atoms with E-state index in [0.29, 0.717) is 23.4 Å². The lowest BCUT2D eigenvalue weighted by atomic mass is 9.95. The zero-order valence-corrected chi connectivity index (χ0v) is 12.3. The smallest absolute Gasteiger partial charge is 0.257 e. The molecular formula is C15H24N2O3. The molecule has 0 saturated heterocycles. The number of carbonyl (C=O) groups is 1. The number of hydrogen-bond acceptors (Lipinski definition) is 4. The van der Waals surface area contributed by atoms with Gasteiger partial charge in [-0.2, -0.15) is 0 Å². The Bertz CT molecular complexity index is 456. The van der Waals surface area contributed by atoms with Crippen molar-refractivity contribution in [3.63, 3.8) is 0 Å². The van der Waals surface area contributed by atoms with Crippen LogP contribution < -0.4 is 5.32 Å². The van der Waals surface area contributed by atoms with E-state index in [9.17, 15) is 9.90 Å². The largest absolute Gasteiger partial charge is 0.396 e. The number of amides is 1. The van der Waals surface area contributed by atoms with Crippen LogP contribution >= 0.6 is 0 Å². The van der Waals surface area contributed by atoms with Gasteiger partial charge in [-0.3, -0.25) is 4.79 Å². The molecule has 0 aliphatic heterocycles. The number of carbonyl (C=O) groups excluding carboxylic acids is 1. The summed E-state index contributed by atoms with van der Waals surface area (Å²) in [5.74, 6) is 0.673. The van der Waals surface area contributed by atoms with Crippen LogP contribution in [0.4, 0.5) is 0 Å². The van der Waals surface area contributed by atoms with Gasteiger partial charge in [-0.25, -0.2) is 0 Å². The Morgan fingerprint density at radius 1 is 1.40 bits per heavy atom. The predicted octanol–water partition coefficient (Wildman–Crippen LogP) is 2.22. The van der Waals surface area contributed by atoms with Gasteiger partial charge in [-0.1, -0.05) is 31.3 Å². The minimum absolute atomic E-state index is 0.0500.